The van der Waals surface area contributed by atoms with Crippen LogP contribution in [0.25, 0.3) is 0 Å². The Kier molecular flexibility index (Phi) is 7.78. The van der Waals surface area contributed by atoms with Crippen molar-refractivity contribution in [2.24, 2.45) is 22.9 Å². The molecule has 0 saturated heterocycles. The van der Waals surface area contributed by atoms with Crippen LogP contribution < -0.4 is 15.6 Å². The van der Waals surface area contributed by atoms with Gasteiger partial charge >= 0.3 is 12.1 Å². The SMILES string of the molecule is CCOC(=O)[C@H]1[C@@H](C(=O)N/N=C\c2ccc(N(C)C)cc2)[C@@H]1C(=O)Nc1cccc(C(F)(F)F)c1. The van der Waals surface area contributed by atoms with E-state index in [-0.39, 0.29) is 12.3 Å². The van der Waals surface area contributed by atoms with Crippen molar-refractivity contribution in [3.8, 4) is 0 Å². The predicted molar refractivity (Wildman–Crippen MR) is 124 cm³/mol. The highest BCUT2D eigenvalue weighted by molar-refractivity contribution is 6.05. The molecule has 1 aliphatic carbocycles. The van der Waals surface area contributed by atoms with Gasteiger partial charge in [-0.05, 0) is 42.8 Å². The molecule has 1 fully saturated rings. The van der Waals surface area contributed by atoms with Crippen LogP contribution >= 0.6 is 0 Å². The summed E-state index contributed by atoms with van der Waals surface area (Å²) >= 11 is 0. The molecule has 0 radical (unpaired) electrons. The monoisotopic (exact) mass is 490 g/mol. The zero-order chi connectivity index (χ0) is 25.8. The van der Waals surface area contributed by atoms with Crippen LogP contribution in [-0.2, 0) is 25.3 Å². The lowest BCUT2D eigenvalue weighted by Gasteiger charge is -2.11. The first-order chi connectivity index (χ1) is 16.5. The fourth-order valence-corrected chi connectivity index (χ4v) is 3.60. The van der Waals surface area contributed by atoms with Gasteiger partial charge in [0.25, 0.3) is 0 Å². The summed E-state index contributed by atoms with van der Waals surface area (Å²) in [6, 6.07) is 11.4. The molecule has 0 bridgehead atoms. The molecule has 0 spiro atoms. The molecule has 0 unspecified atom stereocenters. The van der Waals surface area contributed by atoms with E-state index in [1.807, 2.05) is 31.1 Å². The van der Waals surface area contributed by atoms with Crippen LogP contribution in [0.5, 0.6) is 0 Å². The average molecular weight is 490 g/mol. The molecule has 11 heteroatoms. The lowest BCUT2D eigenvalue weighted by Crippen LogP contribution is -2.24. The van der Waals surface area contributed by atoms with E-state index in [2.05, 4.69) is 15.8 Å². The van der Waals surface area contributed by atoms with E-state index in [0.717, 1.165) is 23.9 Å². The number of rotatable bonds is 8. The van der Waals surface area contributed by atoms with Crippen molar-refractivity contribution >= 4 is 35.4 Å². The number of benzene rings is 2. The Bertz CT molecular complexity index is 1120. The highest BCUT2D eigenvalue weighted by Crippen LogP contribution is 2.48. The maximum absolute atomic E-state index is 13.0. The van der Waals surface area contributed by atoms with Crippen molar-refractivity contribution in [3.63, 3.8) is 0 Å². The summed E-state index contributed by atoms with van der Waals surface area (Å²) in [5.41, 5.74) is 2.98. The Morgan fingerprint density at radius 1 is 1.03 bits per heavy atom. The molecule has 3 rings (SSSR count). The number of hydrogen-bond acceptors (Lipinski definition) is 6. The topological polar surface area (TPSA) is 100 Å². The molecule has 2 aromatic carbocycles. The van der Waals surface area contributed by atoms with Gasteiger partial charge in [0.15, 0.2) is 0 Å². The minimum Gasteiger partial charge on any atom is -0.466 e. The van der Waals surface area contributed by atoms with Crippen LogP contribution in [0.2, 0.25) is 0 Å². The quantitative estimate of drug-likeness (QED) is 0.336. The van der Waals surface area contributed by atoms with Crippen molar-refractivity contribution in [2.75, 3.05) is 30.9 Å². The van der Waals surface area contributed by atoms with Crippen LogP contribution in [0.3, 0.4) is 0 Å². The zero-order valence-corrected chi connectivity index (χ0v) is 19.3. The Labute approximate surface area is 200 Å². The second-order valence-electron chi connectivity index (χ2n) is 8.12. The summed E-state index contributed by atoms with van der Waals surface area (Å²) in [7, 11) is 3.80. The first kappa shape index (κ1) is 25.7. The molecule has 0 aliphatic heterocycles. The number of hydrogen-bond donors (Lipinski definition) is 2. The molecule has 8 nitrogen and oxygen atoms in total. The number of hydrazone groups is 1. The highest BCUT2D eigenvalue weighted by Gasteiger charge is 2.63. The third-order valence-corrected chi connectivity index (χ3v) is 5.44. The highest BCUT2D eigenvalue weighted by atomic mass is 19.4. The summed E-state index contributed by atoms with van der Waals surface area (Å²) in [4.78, 5) is 39.6. The third kappa shape index (κ3) is 6.37. The summed E-state index contributed by atoms with van der Waals surface area (Å²) in [5.74, 6) is -5.39. The molecule has 1 aliphatic rings. The van der Waals surface area contributed by atoms with E-state index in [4.69, 9.17) is 4.74 Å². The Balaban J connectivity index is 1.68. The van der Waals surface area contributed by atoms with Gasteiger partial charge in [0.2, 0.25) is 11.8 Å². The van der Waals surface area contributed by atoms with E-state index in [1.165, 1.54) is 12.3 Å². The van der Waals surface area contributed by atoms with Crippen LogP contribution in [0.1, 0.15) is 18.1 Å². The van der Waals surface area contributed by atoms with Gasteiger partial charge in [-0.3, -0.25) is 14.4 Å². The van der Waals surface area contributed by atoms with Crippen molar-refractivity contribution in [2.45, 2.75) is 13.1 Å². The number of halogens is 3. The first-order valence-electron chi connectivity index (χ1n) is 10.8. The Morgan fingerprint density at radius 2 is 1.69 bits per heavy atom. The molecular weight excluding hydrogens is 465 g/mol. The van der Waals surface area contributed by atoms with Crippen molar-refractivity contribution in [1.82, 2.24) is 5.43 Å². The van der Waals surface area contributed by atoms with Gasteiger partial charge < -0.3 is 15.0 Å². The largest absolute Gasteiger partial charge is 0.466 e. The van der Waals surface area contributed by atoms with Crippen molar-refractivity contribution in [3.05, 3.63) is 59.7 Å². The van der Waals surface area contributed by atoms with E-state index < -0.39 is 47.3 Å². The van der Waals surface area contributed by atoms with E-state index >= 15 is 0 Å². The van der Waals surface area contributed by atoms with E-state index in [0.29, 0.717) is 5.56 Å². The van der Waals surface area contributed by atoms with Crippen LogP contribution in [0, 0.1) is 17.8 Å². The summed E-state index contributed by atoms with van der Waals surface area (Å²) < 4.78 is 43.8. The van der Waals surface area contributed by atoms with Gasteiger partial charge in [-0.1, -0.05) is 18.2 Å². The maximum atomic E-state index is 13.0. The molecule has 0 aromatic heterocycles. The number of amides is 2. The fraction of sp³-hybridized carbons (Fsp3) is 0.333. The molecule has 1 saturated carbocycles. The standard InChI is InChI=1S/C24H25F3N4O4/c1-4-35-23(34)20-18(21(32)29-16-7-5-6-15(12-16)24(25,26)27)19(20)22(33)30-28-13-14-8-10-17(11-9-14)31(2)3/h5-13,18-20H,4H2,1-3H3,(H,29,32)(H,30,33)/b28-13-/t18-,19-,20+/m0/s1. The summed E-state index contributed by atoms with van der Waals surface area (Å²) in [6.45, 7) is 1.63. The number of carbonyl (C=O) groups is 3. The molecular formula is C24H25F3N4O4. The fourth-order valence-electron chi connectivity index (χ4n) is 3.60. The molecule has 2 aromatic rings. The van der Waals surface area contributed by atoms with Crippen molar-refractivity contribution < 1.29 is 32.3 Å². The molecule has 35 heavy (non-hydrogen) atoms. The first-order valence-corrected chi connectivity index (χ1v) is 10.8. The van der Waals surface area contributed by atoms with Gasteiger partial charge in [0.1, 0.15) is 0 Å². The second kappa shape index (κ2) is 10.6. The van der Waals surface area contributed by atoms with E-state index in [1.54, 1.807) is 19.1 Å². The van der Waals surface area contributed by atoms with Crippen LogP contribution in [0.4, 0.5) is 24.5 Å². The summed E-state index contributed by atoms with van der Waals surface area (Å²) in [5, 5.41) is 6.24. The minimum absolute atomic E-state index is 0.0483. The molecule has 2 N–H and O–H groups in total. The number of nitrogens with zero attached hydrogens (tertiary/aromatic N) is 2. The van der Waals surface area contributed by atoms with Gasteiger partial charge in [0, 0.05) is 25.5 Å². The number of esters is 1. The van der Waals surface area contributed by atoms with Gasteiger partial charge in [-0.25, -0.2) is 5.43 Å². The lowest BCUT2D eigenvalue weighted by molar-refractivity contribution is -0.146. The maximum Gasteiger partial charge on any atom is 0.416 e. The third-order valence-electron chi connectivity index (χ3n) is 5.44. The number of nitrogens with one attached hydrogen (secondary N) is 2. The lowest BCUT2D eigenvalue weighted by atomic mass is 10.2. The number of carbonyl (C=O) groups excluding carboxylic acids is 3. The minimum atomic E-state index is -4.58. The van der Waals surface area contributed by atoms with Gasteiger partial charge in [-0.2, -0.15) is 18.3 Å². The smallest absolute Gasteiger partial charge is 0.416 e. The van der Waals surface area contributed by atoms with Gasteiger partial charge in [-0.15, -0.1) is 0 Å². The molecule has 186 valence electrons. The van der Waals surface area contributed by atoms with E-state index in [9.17, 15) is 27.6 Å². The predicted octanol–water partition coefficient (Wildman–Crippen LogP) is 3.29. The van der Waals surface area contributed by atoms with Crippen LogP contribution in [-0.4, -0.2) is 44.7 Å². The molecule has 3 atom stereocenters. The van der Waals surface area contributed by atoms with Gasteiger partial charge in [0.05, 0.1) is 36.1 Å². The Morgan fingerprint density at radius 3 is 2.29 bits per heavy atom. The zero-order valence-electron chi connectivity index (χ0n) is 19.3. The number of ether oxygens (including phenoxy) is 1. The Hall–Kier alpha value is -3.89. The average Bonchev–Trinajstić information content (AvgIpc) is 3.55. The normalized spacial score (nSPS) is 19.2. The van der Waals surface area contributed by atoms with Crippen LogP contribution in [0.15, 0.2) is 53.6 Å². The molecule has 0 heterocycles. The summed E-state index contributed by atoms with van der Waals surface area (Å²) in [6.07, 6.45) is -3.17. The second-order valence-corrected chi connectivity index (χ2v) is 8.12. The molecule has 2 amide bonds. The van der Waals surface area contributed by atoms with Crippen molar-refractivity contribution in [1.29, 1.82) is 0 Å². The number of anilines is 2. The number of alkyl halides is 3.